The fourth-order valence-electron chi connectivity index (χ4n) is 0.372. The summed E-state index contributed by atoms with van der Waals surface area (Å²) >= 11 is 0. The van der Waals surface area contributed by atoms with E-state index in [2.05, 4.69) is 17.8 Å². The lowest BCUT2D eigenvalue weighted by molar-refractivity contribution is 1.58. The Hall–Kier alpha value is -1.40. The van der Waals surface area contributed by atoms with Crippen molar-refractivity contribution in [2.24, 2.45) is 0 Å². The van der Waals surface area contributed by atoms with Crippen molar-refractivity contribution in [3.63, 3.8) is 0 Å². The highest BCUT2D eigenvalue weighted by Crippen LogP contribution is 1.87. The van der Waals surface area contributed by atoms with Crippen LogP contribution < -0.4 is 0 Å². The summed E-state index contributed by atoms with van der Waals surface area (Å²) in [4.78, 5) is 0. The van der Waals surface area contributed by atoms with Gasteiger partial charge in [0.05, 0.1) is 0 Å². The lowest BCUT2D eigenvalue weighted by Gasteiger charge is -1.78. The van der Waals surface area contributed by atoms with E-state index in [9.17, 15) is 0 Å². The van der Waals surface area contributed by atoms with Crippen LogP contribution in [0.5, 0.6) is 0 Å². The van der Waals surface area contributed by atoms with E-state index in [0.29, 0.717) is 0 Å². The van der Waals surface area contributed by atoms with Gasteiger partial charge in [-0.25, -0.2) is 0 Å². The molecule has 10 heavy (non-hydrogen) atoms. The van der Waals surface area contributed by atoms with Crippen molar-refractivity contribution in [1.29, 1.82) is 0 Å². The number of hydrogen-bond donors (Lipinski definition) is 0. The first-order valence-electron chi connectivity index (χ1n) is 3.03. The highest BCUT2D eigenvalue weighted by molar-refractivity contribution is 5.29. The zero-order valence-electron chi connectivity index (χ0n) is 6.31. The van der Waals surface area contributed by atoms with Crippen molar-refractivity contribution >= 4 is 0 Å². The zero-order valence-corrected chi connectivity index (χ0v) is 6.31. The standard InChI is InChI=1S/C10H10/c1-4-6-7-8-9-10(3)5-2/h2,7-9H,1,3H3. The van der Waals surface area contributed by atoms with E-state index in [0.717, 1.165) is 5.57 Å². The number of hydrogen-bond acceptors (Lipinski definition) is 0. The van der Waals surface area contributed by atoms with Gasteiger partial charge in [-0.2, -0.15) is 0 Å². The molecule has 0 heteroatoms. The maximum atomic E-state index is 5.10. The van der Waals surface area contributed by atoms with E-state index in [1.165, 1.54) is 0 Å². The summed E-state index contributed by atoms with van der Waals surface area (Å²) in [6, 6.07) is 0. The first-order valence-corrected chi connectivity index (χ1v) is 3.03. The van der Waals surface area contributed by atoms with Crippen LogP contribution in [-0.2, 0) is 0 Å². The molecule has 0 heterocycles. The second kappa shape index (κ2) is 5.73. The zero-order chi connectivity index (χ0) is 7.82. The van der Waals surface area contributed by atoms with Gasteiger partial charge in [-0.15, -0.1) is 12.3 Å². The van der Waals surface area contributed by atoms with E-state index >= 15 is 0 Å². The van der Waals surface area contributed by atoms with Crippen LogP contribution in [0.4, 0.5) is 0 Å². The molecule has 0 aliphatic heterocycles. The van der Waals surface area contributed by atoms with Gasteiger partial charge < -0.3 is 0 Å². The van der Waals surface area contributed by atoms with Crippen LogP contribution in [0.25, 0.3) is 0 Å². The summed E-state index contributed by atoms with van der Waals surface area (Å²) in [5.74, 6) is 8.03. The molecule has 0 bridgehead atoms. The van der Waals surface area contributed by atoms with Crippen LogP contribution >= 0.6 is 0 Å². The Kier molecular flexibility index (Phi) is 4.93. The van der Waals surface area contributed by atoms with Crippen LogP contribution in [-0.4, -0.2) is 0 Å². The van der Waals surface area contributed by atoms with Gasteiger partial charge in [0.2, 0.25) is 0 Å². The number of rotatable bonds is 1. The Bertz CT molecular complexity index is 235. The lowest BCUT2D eigenvalue weighted by Crippen LogP contribution is -1.62. The summed E-state index contributed by atoms with van der Waals surface area (Å²) in [5.41, 5.74) is 0.911. The van der Waals surface area contributed by atoms with Gasteiger partial charge in [0, 0.05) is 0 Å². The molecule has 0 aromatic carbocycles. The third-order valence-electron chi connectivity index (χ3n) is 0.898. The van der Waals surface area contributed by atoms with Crippen molar-refractivity contribution in [1.82, 2.24) is 0 Å². The summed E-state index contributed by atoms with van der Waals surface area (Å²) in [5, 5.41) is 0. The molecule has 50 valence electrons. The minimum atomic E-state index is 0.911. The van der Waals surface area contributed by atoms with E-state index < -0.39 is 0 Å². The smallest absolute Gasteiger partial charge is 0.00133 e. The Morgan fingerprint density at radius 1 is 1.50 bits per heavy atom. The molecule has 0 aliphatic rings. The molecule has 0 radical (unpaired) electrons. The van der Waals surface area contributed by atoms with Gasteiger partial charge in [-0.3, -0.25) is 0 Å². The minimum absolute atomic E-state index is 0.911. The molecule has 0 aromatic heterocycles. The predicted molar refractivity (Wildman–Crippen MR) is 45.2 cm³/mol. The monoisotopic (exact) mass is 130 g/mol. The van der Waals surface area contributed by atoms with Crippen molar-refractivity contribution < 1.29 is 0 Å². The van der Waals surface area contributed by atoms with Gasteiger partial charge in [0.25, 0.3) is 0 Å². The second-order valence-corrected chi connectivity index (χ2v) is 1.75. The van der Waals surface area contributed by atoms with Crippen LogP contribution in [0.1, 0.15) is 13.8 Å². The molecule has 0 aromatic rings. The Balaban J connectivity index is 3.93. The SMILES string of the molecule is C#CC(C)=CC=CC#CC. The topological polar surface area (TPSA) is 0 Å². The minimum Gasteiger partial charge on any atom is -0.115 e. The third kappa shape index (κ3) is 4.75. The van der Waals surface area contributed by atoms with Crippen molar-refractivity contribution in [3.8, 4) is 24.2 Å². The van der Waals surface area contributed by atoms with E-state index in [1.807, 2.05) is 19.1 Å². The lowest BCUT2D eigenvalue weighted by atomic mass is 10.3. The van der Waals surface area contributed by atoms with Crippen molar-refractivity contribution in [3.05, 3.63) is 23.8 Å². The Labute approximate surface area is 62.6 Å². The molecule has 0 spiro atoms. The average molecular weight is 130 g/mol. The first kappa shape index (κ1) is 8.60. The molecular weight excluding hydrogens is 120 g/mol. The Morgan fingerprint density at radius 3 is 2.70 bits per heavy atom. The molecule has 0 saturated carbocycles. The van der Waals surface area contributed by atoms with E-state index in [1.54, 1.807) is 13.0 Å². The molecule has 0 atom stereocenters. The van der Waals surface area contributed by atoms with Gasteiger partial charge in [0.1, 0.15) is 0 Å². The van der Waals surface area contributed by atoms with Gasteiger partial charge in [-0.1, -0.05) is 24.0 Å². The van der Waals surface area contributed by atoms with Crippen LogP contribution in [0.15, 0.2) is 23.8 Å². The van der Waals surface area contributed by atoms with E-state index in [4.69, 9.17) is 6.42 Å². The maximum absolute atomic E-state index is 5.10. The van der Waals surface area contributed by atoms with Gasteiger partial charge >= 0.3 is 0 Å². The summed E-state index contributed by atoms with van der Waals surface area (Å²) in [6.07, 6.45) is 10.6. The largest absolute Gasteiger partial charge is 0.115 e. The molecule has 0 unspecified atom stereocenters. The second-order valence-electron chi connectivity index (χ2n) is 1.75. The predicted octanol–water partition coefficient (Wildman–Crippen LogP) is 2.15. The number of terminal acetylenes is 1. The molecular formula is C10H10. The van der Waals surface area contributed by atoms with Crippen molar-refractivity contribution in [2.75, 3.05) is 0 Å². The van der Waals surface area contributed by atoms with Crippen LogP contribution in [0, 0.1) is 24.2 Å². The summed E-state index contributed by atoms with van der Waals surface area (Å²) in [6.45, 7) is 3.67. The van der Waals surface area contributed by atoms with Crippen LogP contribution in [0.3, 0.4) is 0 Å². The van der Waals surface area contributed by atoms with Crippen molar-refractivity contribution in [2.45, 2.75) is 13.8 Å². The molecule has 0 aliphatic carbocycles. The molecule has 0 amide bonds. The fourth-order valence-corrected chi connectivity index (χ4v) is 0.372. The summed E-state index contributed by atoms with van der Waals surface area (Å²) < 4.78 is 0. The first-order chi connectivity index (χ1) is 4.81. The quantitative estimate of drug-likeness (QED) is 0.377. The highest BCUT2D eigenvalue weighted by atomic mass is 13.8. The molecule has 0 fully saturated rings. The fraction of sp³-hybridized carbons (Fsp3) is 0.200. The third-order valence-corrected chi connectivity index (χ3v) is 0.898. The van der Waals surface area contributed by atoms with E-state index in [-0.39, 0.29) is 0 Å². The highest BCUT2D eigenvalue weighted by Gasteiger charge is 1.71. The van der Waals surface area contributed by atoms with Gasteiger partial charge in [-0.05, 0) is 25.5 Å². The Morgan fingerprint density at radius 2 is 2.20 bits per heavy atom. The average Bonchev–Trinajstić information content (AvgIpc) is 1.98. The molecule has 0 N–H and O–H groups in total. The maximum Gasteiger partial charge on any atom is -0.00133 e. The normalized spacial score (nSPS) is 10.3. The van der Waals surface area contributed by atoms with Crippen LogP contribution in [0.2, 0.25) is 0 Å². The molecule has 0 rings (SSSR count). The van der Waals surface area contributed by atoms with Gasteiger partial charge in [0.15, 0.2) is 0 Å². The molecule has 0 saturated heterocycles. The number of allylic oxidation sites excluding steroid dienone is 4. The molecule has 0 nitrogen and oxygen atoms in total. The summed E-state index contributed by atoms with van der Waals surface area (Å²) in [7, 11) is 0.